The third kappa shape index (κ3) is 3.11. The van der Waals surface area contributed by atoms with E-state index in [-0.39, 0.29) is 11.4 Å². The Morgan fingerprint density at radius 1 is 1.10 bits per heavy atom. The molecule has 0 amide bonds. The third-order valence-electron chi connectivity index (χ3n) is 10.8. The molecule has 2 aliphatic heterocycles. The largest absolute Gasteiger partial charge is 0.458 e. The van der Waals surface area contributed by atoms with E-state index in [0.717, 1.165) is 30.2 Å². The van der Waals surface area contributed by atoms with E-state index in [1.165, 1.54) is 76.7 Å². The molecule has 1 unspecified atom stereocenters. The summed E-state index contributed by atoms with van der Waals surface area (Å²) in [4.78, 5) is 14.5. The molecule has 6 rings (SSSR count). The summed E-state index contributed by atoms with van der Waals surface area (Å²) >= 11 is 0. The molecule has 4 fully saturated rings. The van der Waals surface area contributed by atoms with Gasteiger partial charge in [-0.05, 0) is 91.4 Å². The van der Waals surface area contributed by atoms with E-state index in [1.807, 2.05) is 0 Å². The second kappa shape index (κ2) is 7.45. The summed E-state index contributed by atoms with van der Waals surface area (Å²) in [5.41, 5.74) is 3.80. The van der Waals surface area contributed by atoms with Crippen molar-refractivity contribution in [1.82, 2.24) is 10.2 Å². The maximum Gasteiger partial charge on any atom is 0.331 e. The topological polar surface area (TPSA) is 41.6 Å². The van der Waals surface area contributed by atoms with Crippen LogP contribution in [0.3, 0.4) is 0 Å². The molecule has 0 aromatic heterocycles. The fraction of sp³-hybridized carbons (Fsp3) is 0.815. The molecule has 4 aliphatic carbocycles. The maximum absolute atomic E-state index is 11.7. The highest BCUT2D eigenvalue weighted by molar-refractivity contribution is 5.85. The van der Waals surface area contributed by atoms with Crippen LogP contribution in [0.4, 0.5) is 0 Å². The fourth-order valence-electron chi connectivity index (χ4n) is 9.10. The number of rotatable bonds is 2. The number of carbonyl (C=O) groups is 1. The zero-order valence-corrected chi connectivity index (χ0v) is 19.5. The van der Waals surface area contributed by atoms with E-state index < -0.39 is 0 Å². The van der Waals surface area contributed by atoms with E-state index in [4.69, 9.17) is 4.74 Å². The van der Waals surface area contributed by atoms with E-state index in [1.54, 1.807) is 11.6 Å². The summed E-state index contributed by atoms with van der Waals surface area (Å²) in [5, 5.41) is 3.53. The number of piperazine rings is 1. The van der Waals surface area contributed by atoms with E-state index in [9.17, 15) is 4.79 Å². The first kappa shape index (κ1) is 20.5. The van der Waals surface area contributed by atoms with Crippen molar-refractivity contribution in [3.63, 3.8) is 0 Å². The molecule has 0 radical (unpaired) electrons. The van der Waals surface area contributed by atoms with Gasteiger partial charge in [-0.2, -0.15) is 0 Å². The highest BCUT2D eigenvalue weighted by Crippen LogP contribution is 2.66. The minimum Gasteiger partial charge on any atom is -0.458 e. The maximum atomic E-state index is 11.7. The second-order valence-corrected chi connectivity index (χ2v) is 11.9. The van der Waals surface area contributed by atoms with Gasteiger partial charge >= 0.3 is 5.97 Å². The molecule has 0 spiro atoms. The monoisotopic (exact) mass is 424 g/mol. The molecule has 3 saturated carbocycles. The lowest BCUT2D eigenvalue weighted by Gasteiger charge is -2.60. The van der Waals surface area contributed by atoms with Crippen LogP contribution in [0.1, 0.15) is 65.2 Å². The lowest BCUT2D eigenvalue weighted by atomic mass is 9.45. The first-order chi connectivity index (χ1) is 15.0. The van der Waals surface area contributed by atoms with Crippen LogP contribution in [0.5, 0.6) is 0 Å². The molecule has 6 aliphatic rings. The number of carbonyl (C=O) groups excluding carboxylic acids is 1. The summed E-state index contributed by atoms with van der Waals surface area (Å²) in [5.74, 6) is 2.91. The van der Waals surface area contributed by atoms with Gasteiger partial charge in [0.1, 0.15) is 6.61 Å². The number of hydrogen-bond donors (Lipinski definition) is 1. The second-order valence-electron chi connectivity index (χ2n) is 11.9. The van der Waals surface area contributed by atoms with Gasteiger partial charge in [0.25, 0.3) is 0 Å². The highest BCUT2D eigenvalue weighted by Gasteiger charge is 2.58. The Hall–Kier alpha value is -1.13. The van der Waals surface area contributed by atoms with Gasteiger partial charge in [-0.1, -0.05) is 25.5 Å². The molecule has 0 aromatic carbocycles. The number of ether oxygens (including phenoxy) is 1. The summed E-state index contributed by atoms with van der Waals surface area (Å²) < 4.78 is 5.29. The van der Waals surface area contributed by atoms with Gasteiger partial charge in [0.15, 0.2) is 0 Å². The van der Waals surface area contributed by atoms with Crippen molar-refractivity contribution in [2.45, 2.75) is 71.3 Å². The van der Waals surface area contributed by atoms with Gasteiger partial charge in [0.05, 0.1) is 0 Å². The zero-order chi connectivity index (χ0) is 21.2. The predicted octanol–water partition coefficient (Wildman–Crippen LogP) is 4.32. The Morgan fingerprint density at radius 2 is 1.94 bits per heavy atom. The highest BCUT2D eigenvalue weighted by atomic mass is 16.5. The molecule has 0 aromatic rings. The van der Waals surface area contributed by atoms with Crippen LogP contribution in [-0.2, 0) is 9.53 Å². The average molecular weight is 425 g/mol. The number of hydrogen-bond acceptors (Lipinski definition) is 4. The van der Waals surface area contributed by atoms with Crippen molar-refractivity contribution >= 4 is 5.97 Å². The van der Waals surface area contributed by atoms with Crippen LogP contribution in [0.15, 0.2) is 23.3 Å². The van der Waals surface area contributed by atoms with Crippen LogP contribution in [0, 0.1) is 34.5 Å². The van der Waals surface area contributed by atoms with Gasteiger partial charge < -0.3 is 10.1 Å². The molecular weight excluding hydrogens is 384 g/mol. The summed E-state index contributed by atoms with van der Waals surface area (Å²) in [7, 11) is 0. The van der Waals surface area contributed by atoms with Crippen LogP contribution in [-0.4, -0.2) is 49.7 Å². The van der Waals surface area contributed by atoms with Crippen molar-refractivity contribution in [3.8, 4) is 0 Å². The third-order valence-corrected chi connectivity index (χ3v) is 10.8. The molecule has 4 nitrogen and oxygen atoms in total. The molecule has 170 valence electrons. The van der Waals surface area contributed by atoms with E-state index in [0.29, 0.717) is 17.9 Å². The van der Waals surface area contributed by atoms with Crippen LogP contribution in [0.2, 0.25) is 0 Å². The lowest BCUT2D eigenvalue weighted by Crippen LogP contribution is -2.56. The Morgan fingerprint density at radius 3 is 2.71 bits per heavy atom. The van der Waals surface area contributed by atoms with Crippen LogP contribution < -0.4 is 5.32 Å². The minimum absolute atomic E-state index is 0.130. The summed E-state index contributed by atoms with van der Waals surface area (Å²) in [6, 6.07) is 0.826. The number of esters is 1. The molecule has 1 N–H and O–H groups in total. The summed E-state index contributed by atoms with van der Waals surface area (Å²) in [6.45, 7) is 10.5. The number of cyclic esters (lactones) is 1. The van der Waals surface area contributed by atoms with Gasteiger partial charge in [-0.25, -0.2) is 4.79 Å². The molecular formula is C27H40N2O2. The van der Waals surface area contributed by atoms with Crippen LogP contribution >= 0.6 is 0 Å². The summed E-state index contributed by atoms with van der Waals surface area (Å²) in [6.07, 6.45) is 15.3. The molecule has 1 saturated heterocycles. The van der Waals surface area contributed by atoms with Crippen molar-refractivity contribution in [2.75, 3.05) is 32.8 Å². The van der Waals surface area contributed by atoms with Crippen molar-refractivity contribution < 1.29 is 9.53 Å². The SMILES string of the molecule is C[C@]12CCC(N3CCNCC3)C[C@H]1CC[C@H]1C3=CC[C@H](C4=CC(=O)OC4)[C@@]3(C)CC[C@@H]12. The average Bonchev–Trinajstić information content (AvgIpc) is 3.36. The van der Waals surface area contributed by atoms with Crippen molar-refractivity contribution in [3.05, 3.63) is 23.3 Å². The smallest absolute Gasteiger partial charge is 0.331 e. The van der Waals surface area contributed by atoms with E-state index in [2.05, 4.69) is 30.1 Å². The zero-order valence-electron chi connectivity index (χ0n) is 19.5. The Balaban J connectivity index is 1.20. The Labute approximate surface area is 187 Å². The van der Waals surface area contributed by atoms with E-state index >= 15 is 0 Å². The first-order valence-electron chi connectivity index (χ1n) is 13.0. The lowest BCUT2D eigenvalue weighted by molar-refractivity contribution is -0.135. The van der Waals surface area contributed by atoms with Gasteiger partial charge in [-0.15, -0.1) is 0 Å². The first-order valence-corrected chi connectivity index (χ1v) is 13.0. The molecule has 2 heterocycles. The van der Waals surface area contributed by atoms with Crippen molar-refractivity contribution in [2.24, 2.45) is 34.5 Å². The molecule has 4 heteroatoms. The standard InChI is InChI=1S/C27H40N2O2/c1-26-9-7-20(29-13-11-28-12-14-29)16-19(26)3-4-21-23-6-5-22(18-15-25(30)31-17-18)27(23,2)10-8-24(21)26/h6,15,19-22,24,28H,3-5,7-14,16-17H2,1-2H3/t19-,20?,21+,22-,24+,26+,27-/m1/s1. The van der Waals surface area contributed by atoms with Crippen LogP contribution in [0.25, 0.3) is 0 Å². The normalized spacial score (nSPS) is 47.7. The minimum atomic E-state index is -0.130. The molecule has 7 atom stereocenters. The van der Waals surface area contributed by atoms with Gasteiger partial charge in [-0.3, -0.25) is 4.90 Å². The molecule has 0 bridgehead atoms. The Bertz CT molecular complexity index is 812. The van der Waals surface area contributed by atoms with Crippen molar-refractivity contribution in [1.29, 1.82) is 0 Å². The number of nitrogens with zero attached hydrogens (tertiary/aromatic N) is 1. The Kier molecular flexibility index (Phi) is 4.92. The molecule has 31 heavy (non-hydrogen) atoms. The number of nitrogens with one attached hydrogen (secondary N) is 1. The quantitative estimate of drug-likeness (QED) is 0.529. The number of fused-ring (bicyclic) bond motifs is 5. The predicted molar refractivity (Wildman–Crippen MR) is 122 cm³/mol. The van der Waals surface area contributed by atoms with Gasteiger partial charge in [0, 0.05) is 38.3 Å². The van der Waals surface area contributed by atoms with Gasteiger partial charge in [0.2, 0.25) is 0 Å². The number of allylic oxidation sites excluding steroid dienone is 2. The fourth-order valence-corrected chi connectivity index (χ4v) is 9.10.